The third-order valence-electron chi connectivity index (χ3n) is 4.66. The highest BCUT2D eigenvalue weighted by molar-refractivity contribution is 7.12. The minimum Gasteiger partial charge on any atom is -0.218 e. The molecule has 0 bridgehead atoms. The van der Waals surface area contributed by atoms with Gasteiger partial charge in [-0.1, -0.05) is 60.7 Å². The Morgan fingerprint density at radius 2 is 1.31 bits per heavy atom. The van der Waals surface area contributed by atoms with Gasteiger partial charge in [0.05, 0.1) is 17.1 Å². The second-order valence-electron chi connectivity index (χ2n) is 6.58. The van der Waals surface area contributed by atoms with Gasteiger partial charge in [-0.3, -0.25) is 0 Å². The fraction of sp³-hybridized carbons (Fsp3) is 0. The summed E-state index contributed by atoms with van der Waals surface area (Å²) in [5, 5.41) is 7.60. The Morgan fingerprint density at radius 3 is 2.00 bits per heavy atom. The van der Waals surface area contributed by atoms with Crippen LogP contribution in [0.15, 0.2) is 96.4 Å². The molecule has 0 aliphatic carbocycles. The zero-order chi connectivity index (χ0) is 19.6. The molecule has 2 heterocycles. The van der Waals surface area contributed by atoms with Gasteiger partial charge >= 0.3 is 0 Å². The Labute approximate surface area is 171 Å². The number of halogens is 1. The minimum absolute atomic E-state index is 0.254. The summed E-state index contributed by atoms with van der Waals surface area (Å²) in [5.41, 5.74) is 5.68. The van der Waals surface area contributed by atoms with Gasteiger partial charge < -0.3 is 0 Å². The third kappa shape index (κ3) is 3.48. The van der Waals surface area contributed by atoms with E-state index >= 15 is 0 Å². The van der Waals surface area contributed by atoms with E-state index in [0.717, 1.165) is 38.9 Å². The van der Waals surface area contributed by atoms with E-state index < -0.39 is 0 Å². The van der Waals surface area contributed by atoms with Gasteiger partial charge in [0, 0.05) is 22.1 Å². The number of thiazole rings is 1. The molecule has 0 unspecified atom stereocenters. The first-order valence-electron chi connectivity index (χ1n) is 9.21. The molecule has 0 aliphatic heterocycles. The van der Waals surface area contributed by atoms with E-state index in [-0.39, 0.29) is 5.82 Å². The summed E-state index contributed by atoms with van der Waals surface area (Å²) >= 11 is 1.51. The van der Waals surface area contributed by atoms with Crippen LogP contribution in [0.4, 0.5) is 4.39 Å². The first-order valence-corrected chi connectivity index (χ1v) is 10.1. The maximum absolute atomic E-state index is 13.2. The van der Waals surface area contributed by atoms with Crippen molar-refractivity contribution in [3.05, 3.63) is 102 Å². The second-order valence-corrected chi connectivity index (χ2v) is 7.42. The molecule has 0 fully saturated rings. The summed E-state index contributed by atoms with van der Waals surface area (Å²) in [6.45, 7) is 0. The zero-order valence-electron chi connectivity index (χ0n) is 15.4. The van der Waals surface area contributed by atoms with Crippen molar-refractivity contribution in [1.29, 1.82) is 0 Å². The molecule has 3 aromatic carbocycles. The SMILES string of the molecule is Fc1ccc(-c2csc(-n3nc(-c4ccccc4)cc3-c3ccccc3)n2)cc1. The number of hydrogen-bond donors (Lipinski definition) is 0. The van der Waals surface area contributed by atoms with E-state index in [0.29, 0.717) is 0 Å². The summed E-state index contributed by atoms with van der Waals surface area (Å²) in [5.74, 6) is -0.254. The first kappa shape index (κ1) is 17.5. The van der Waals surface area contributed by atoms with Gasteiger partial charge in [-0.25, -0.2) is 14.1 Å². The van der Waals surface area contributed by atoms with Crippen LogP contribution in [0.3, 0.4) is 0 Å². The van der Waals surface area contributed by atoms with E-state index in [2.05, 4.69) is 18.2 Å². The highest BCUT2D eigenvalue weighted by atomic mass is 32.1. The predicted molar refractivity (Wildman–Crippen MR) is 116 cm³/mol. The zero-order valence-corrected chi connectivity index (χ0v) is 16.2. The van der Waals surface area contributed by atoms with Crippen molar-refractivity contribution < 1.29 is 4.39 Å². The van der Waals surface area contributed by atoms with Gasteiger partial charge in [0.25, 0.3) is 0 Å². The number of rotatable bonds is 4. The molecule has 0 saturated heterocycles. The van der Waals surface area contributed by atoms with E-state index in [1.807, 2.05) is 58.6 Å². The smallest absolute Gasteiger partial charge is 0.211 e. The molecule has 0 saturated carbocycles. The molecule has 3 nitrogen and oxygen atoms in total. The van der Waals surface area contributed by atoms with E-state index in [4.69, 9.17) is 10.1 Å². The molecule has 5 rings (SSSR count). The summed E-state index contributed by atoms with van der Waals surface area (Å²) in [6, 6.07) is 28.7. The van der Waals surface area contributed by atoms with Crippen LogP contribution in [0.1, 0.15) is 0 Å². The fourth-order valence-corrected chi connectivity index (χ4v) is 4.00. The molecule has 5 aromatic rings. The number of aromatic nitrogens is 3. The van der Waals surface area contributed by atoms with Crippen molar-refractivity contribution in [1.82, 2.24) is 14.8 Å². The minimum atomic E-state index is -0.254. The summed E-state index contributed by atoms with van der Waals surface area (Å²) < 4.78 is 15.1. The van der Waals surface area contributed by atoms with Gasteiger partial charge in [0.2, 0.25) is 5.13 Å². The lowest BCUT2D eigenvalue weighted by molar-refractivity contribution is 0.628. The van der Waals surface area contributed by atoms with Crippen LogP contribution in [-0.2, 0) is 0 Å². The second kappa shape index (κ2) is 7.45. The van der Waals surface area contributed by atoms with Crippen molar-refractivity contribution in [2.45, 2.75) is 0 Å². The number of benzene rings is 3. The molecule has 5 heteroatoms. The van der Waals surface area contributed by atoms with Crippen LogP contribution in [0, 0.1) is 5.82 Å². The van der Waals surface area contributed by atoms with E-state index in [1.165, 1.54) is 23.5 Å². The Bertz CT molecular complexity index is 1240. The van der Waals surface area contributed by atoms with Gasteiger partial charge in [0.15, 0.2) is 0 Å². The van der Waals surface area contributed by atoms with Crippen molar-refractivity contribution in [3.8, 4) is 38.9 Å². The quantitative estimate of drug-likeness (QED) is 0.348. The predicted octanol–water partition coefficient (Wildman–Crippen LogP) is 6.47. The van der Waals surface area contributed by atoms with Crippen LogP contribution in [0.2, 0.25) is 0 Å². The highest BCUT2D eigenvalue weighted by Gasteiger charge is 2.16. The average Bonchev–Trinajstić information content (AvgIpc) is 3.43. The lowest BCUT2D eigenvalue weighted by Gasteiger charge is -2.03. The maximum atomic E-state index is 13.2. The van der Waals surface area contributed by atoms with E-state index in [1.54, 1.807) is 12.1 Å². The molecule has 2 aromatic heterocycles. The van der Waals surface area contributed by atoms with Crippen LogP contribution in [-0.4, -0.2) is 14.8 Å². The highest BCUT2D eigenvalue weighted by Crippen LogP contribution is 2.31. The summed E-state index contributed by atoms with van der Waals surface area (Å²) in [7, 11) is 0. The molecular weight excluding hydrogens is 381 g/mol. The van der Waals surface area contributed by atoms with Crippen molar-refractivity contribution in [2.75, 3.05) is 0 Å². The third-order valence-corrected chi connectivity index (χ3v) is 5.48. The Hall–Kier alpha value is -3.57. The molecule has 0 N–H and O–H groups in total. The largest absolute Gasteiger partial charge is 0.218 e. The van der Waals surface area contributed by atoms with Gasteiger partial charge in [-0.15, -0.1) is 11.3 Å². The van der Waals surface area contributed by atoms with E-state index in [9.17, 15) is 4.39 Å². The molecule has 29 heavy (non-hydrogen) atoms. The lowest BCUT2D eigenvalue weighted by Crippen LogP contribution is -1.98. The number of hydrogen-bond acceptors (Lipinski definition) is 3. The lowest BCUT2D eigenvalue weighted by atomic mass is 10.1. The Morgan fingerprint density at radius 1 is 0.690 bits per heavy atom. The summed E-state index contributed by atoms with van der Waals surface area (Å²) in [4.78, 5) is 4.77. The fourth-order valence-electron chi connectivity index (χ4n) is 3.21. The molecule has 0 aliphatic rings. The molecular formula is C24H16FN3S. The van der Waals surface area contributed by atoms with Gasteiger partial charge in [-0.05, 0) is 30.3 Å². The molecule has 0 spiro atoms. The monoisotopic (exact) mass is 397 g/mol. The topological polar surface area (TPSA) is 30.7 Å². The van der Waals surface area contributed by atoms with Crippen molar-refractivity contribution in [3.63, 3.8) is 0 Å². The van der Waals surface area contributed by atoms with Crippen LogP contribution in [0.25, 0.3) is 38.9 Å². The van der Waals surface area contributed by atoms with Gasteiger partial charge in [-0.2, -0.15) is 5.10 Å². The Kier molecular flexibility index (Phi) is 4.50. The molecule has 140 valence electrons. The standard InChI is InChI=1S/C24H16FN3S/c25-20-13-11-18(12-14-20)22-16-29-24(26-22)28-23(19-9-5-2-6-10-19)15-21(27-28)17-7-3-1-4-8-17/h1-16H. The first-order chi connectivity index (χ1) is 14.3. The molecule has 0 amide bonds. The van der Waals surface area contributed by atoms with Crippen molar-refractivity contribution in [2.24, 2.45) is 0 Å². The number of nitrogens with zero attached hydrogens (tertiary/aromatic N) is 3. The molecule has 0 radical (unpaired) electrons. The van der Waals surface area contributed by atoms with Gasteiger partial charge in [0.1, 0.15) is 5.82 Å². The molecule has 0 atom stereocenters. The normalized spacial score (nSPS) is 10.9. The average molecular weight is 397 g/mol. The Balaban J connectivity index is 1.62. The van der Waals surface area contributed by atoms with Crippen molar-refractivity contribution >= 4 is 11.3 Å². The van der Waals surface area contributed by atoms with Crippen LogP contribution < -0.4 is 0 Å². The maximum Gasteiger partial charge on any atom is 0.211 e. The van der Waals surface area contributed by atoms with Crippen LogP contribution in [0.5, 0.6) is 0 Å². The summed E-state index contributed by atoms with van der Waals surface area (Å²) in [6.07, 6.45) is 0. The van der Waals surface area contributed by atoms with Crippen LogP contribution >= 0.6 is 11.3 Å².